The molecule has 0 N–H and O–H groups in total. The molecular weight excluding hydrogens is 664 g/mol. The summed E-state index contributed by atoms with van der Waals surface area (Å²) in [5, 5.41) is 0. The Hall–Kier alpha value is -6.65. The van der Waals surface area contributed by atoms with Gasteiger partial charge in [-0.15, -0.1) is 0 Å². The van der Waals surface area contributed by atoms with Gasteiger partial charge in [-0.25, -0.2) is 19.2 Å². The van der Waals surface area contributed by atoms with Crippen molar-refractivity contribution in [3.63, 3.8) is 0 Å². The van der Waals surface area contributed by atoms with Crippen molar-refractivity contribution in [1.82, 2.24) is 0 Å². The van der Waals surface area contributed by atoms with Crippen LogP contribution in [-0.4, -0.2) is 60.9 Å². The third-order valence-electron chi connectivity index (χ3n) is 7.55. The first-order chi connectivity index (χ1) is 25.3. The number of aldehydes is 1. The summed E-state index contributed by atoms with van der Waals surface area (Å²) < 4.78 is 28.3. The Morgan fingerprint density at radius 1 is 0.538 bits per heavy atom. The molecule has 1 aliphatic heterocycles. The van der Waals surface area contributed by atoms with E-state index in [1.54, 1.807) is 109 Å². The molecular formula is C42H34O10. The number of carbonyl (C=O) groups excluding carboxylic acids is 5. The van der Waals surface area contributed by atoms with Gasteiger partial charge in [0.1, 0.15) is 12.7 Å². The Bertz CT molecular complexity index is 1940. The van der Waals surface area contributed by atoms with Crippen molar-refractivity contribution in [2.45, 2.75) is 24.1 Å². The van der Waals surface area contributed by atoms with E-state index in [0.717, 1.165) is 23.8 Å². The number of esters is 4. The fraction of sp³-hybridized carbons (Fsp3) is 0.119. The molecule has 262 valence electrons. The average molecular weight is 699 g/mol. The van der Waals surface area contributed by atoms with Crippen molar-refractivity contribution in [1.29, 1.82) is 0 Å². The number of rotatable bonds is 14. The Balaban J connectivity index is 1.44. The summed E-state index contributed by atoms with van der Waals surface area (Å²) in [6, 6.07) is 35.6. The minimum absolute atomic E-state index is 0.137. The van der Waals surface area contributed by atoms with E-state index in [-0.39, 0.29) is 6.29 Å². The maximum atomic E-state index is 13.2. The molecule has 0 bridgehead atoms. The van der Waals surface area contributed by atoms with Crippen LogP contribution in [0.4, 0.5) is 0 Å². The molecule has 1 fully saturated rings. The van der Waals surface area contributed by atoms with Gasteiger partial charge in [0.2, 0.25) is 6.10 Å². The van der Waals surface area contributed by atoms with Gasteiger partial charge in [-0.3, -0.25) is 4.79 Å². The largest absolute Gasteiger partial charge is 0.460 e. The third-order valence-corrected chi connectivity index (χ3v) is 7.55. The van der Waals surface area contributed by atoms with Crippen LogP contribution in [0.15, 0.2) is 146 Å². The molecule has 0 radical (unpaired) electrons. The molecule has 4 aromatic carbocycles. The minimum atomic E-state index is -2.61. The molecule has 0 aromatic heterocycles. The molecule has 10 nitrogen and oxygen atoms in total. The lowest BCUT2D eigenvalue weighted by molar-refractivity contribution is -0.236. The predicted octanol–water partition coefficient (Wildman–Crippen LogP) is 6.04. The molecule has 0 saturated carbocycles. The van der Waals surface area contributed by atoms with Gasteiger partial charge >= 0.3 is 29.7 Å². The molecule has 5 rings (SSSR count). The quantitative estimate of drug-likeness (QED) is 0.0665. The molecule has 52 heavy (non-hydrogen) atoms. The minimum Gasteiger partial charge on any atom is -0.460 e. The van der Waals surface area contributed by atoms with Crippen LogP contribution in [0.3, 0.4) is 0 Å². The van der Waals surface area contributed by atoms with Crippen LogP contribution in [-0.2, 0) is 47.7 Å². The van der Waals surface area contributed by atoms with Crippen LogP contribution in [0.2, 0.25) is 0 Å². The fourth-order valence-corrected chi connectivity index (χ4v) is 5.07. The Morgan fingerprint density at radius 2 is 0.923 bits per heavy atom. The second-order valence-electron chi connectivity index (χ2n) is 11.3. The normalized spacial score (nSPS) is 19.9. The predicted molar refractivity (Wildman–Crippen MR) is 192 cm³/mol. The molecule has 10 heteroatoms. The highest BCUT2D eigenvalue weighted by molar-refractivity contribution is 5.91. The van der Waals surface area contributed by atoms with Gasteiger partial charge in [-0.05, 0) is 46.6 Å². The van der Waals surface area contributed by atoms with E-state index in [1.807, 2.05) is 12.1 Å². The highest BCUT2D eigenvalue weighted by Gasteiger charge is 2.63. The topological polar surface area (TPSA) is 132 Å². The molecule has 4 atom stereocenters. The zero-order chi connectivity index (χ0) is 36.6. The zero-order valence-corrected chi connectivity index (χ0v) is 27.8. The van der Waals surface area contributed by atoms with E-state index in [1.165, 1.54) is 30.4 Å². The van der Waals surface area contributed by atoms with Gasteiger partial charge in [0.25, 0.3) is 0 Å². The Labute approximate surface area is 300 Å². The van der Waals surface area contributed by atoms with E-state index in [9.17, 15) is 24.0 Å². The Morgan fingerprint density at radius 3 is 1.35 bits per heavy atom. The zero-order valence-electron chi connectivity index (χ0n) is 27.8. The number of ether oxygens (including phenoxy) is 5. The highest BCUT2D eigenvalue weighted by Crippen LogP contribution is 2.36. The van der Waals surface area contributed by atoms with Crippen LogP contribution in [0.1, 0.15) is 22.3 Å². The molecule has 1 heterocycles. The first kappa shape index (κ1) is 36.6. The standard InChI is InChI=1S/C42H34O10/c43-30-42(52-39(47)28-24-34-19-11-4-12-20-34)41(50-38(46)27-23-33-17-9-3-10-18-33)40(49-37(45)26-22-32-15-7-2-8-16-32)35(51-42)29-48-36(44)25-21-31-13-5-1-6-14-31/h1-28,30,35,40-41H,29H2/b25-21+,26-22+,27-23+,28-24+/t35-,40+,41-,42+/m1/s1. The maximum absolute atomic E-state index is 13.2. The molecule has 1 saturated heterocycles. The van der Waals surface area contributed by atoms with Crippen LogP contribution in [0.5, 0.6) is 0 Å². The second-order valence-corrected chi connectivity index (χ2v) is 11.3. The summed E-state index contributed by atoms with van der Waals surface area (Å²) in [7, 11) is 0. The third kappa shape index (κ3) is 10.7. The van der Waals surface area contributed by atoms with Crippen molar-refractivity contribution in [2.24, 2.45) is 0 Å². The van der Waals surface area contributed by atoms with Gasteiger partial charge in [-0.1, -0.05) is 121 Å². The smallest absolute Gasteiger partial charge is 0.333 e. The van der Waals surface area contributed by atoms with Crippen molar-refractivity contribution in [3.05, 3.63) is 168 Å². The molecule has 1 aliphatic rings. The second kappa shape index (κ2) is 18.4. The molecule has 0 unspecified atom stereocenters. The van der Waals surface area contributed by atoms with E-state index < -0.39 is 54.6 Å². The summed E-state index contributed by atoms with van der Waals surface area (Å²) in [6.07, 6.45) is 5.69. The summed E-state index contributed by atoms with van der Waals surface area (Å²) in [4.78, 5) is 65.2. The summed E-state index contributed by atoms with van der Waals surface area (Å²) in [6.45, 7) is -0.584. The van der Waals surface area contributed by atoms with Crippen LogP contribution in [0.25, 0.3) is 24.3 Å². The highest BCUT2D eigenvalue weighted by atomic mass is 16.8. The lowest BCUT2D eigenvalue weighted by atomic mass is 10.0. The number of benzene rings is 4. The lowest BCUT2D eigenvalue weighted by Crippen LogP contribution is -2.51. The number of hydrogen-bond donors (Lipinski definition) is 0. The summed E-state index contributed by atoms with van der Waals surface area (Å²) in [5.74, 6) is -6.31. The van der Waals surface area contributed by atoms with E-state index in [4.69, 9.17) is 23.7 Å². The Kier molecular flexibility index (Phi) is 12.9. The van der Waals surface area contributed by atoms with E-state index >= 15 is 0 Å². The van der Waals surface area contributed by atoms with Gasteiger partial charge < -0.3 is 23.7 Å². The van der Waals surface area contributed by atoms with Crippen LogP contribution in [0, 0.1) is 0 Å². The van der Waals surface area contributed by atoms with Gasteiger partial charge in [-0.2, -0.15) is 0 Å². The number of carbonyl (C=O) groups is 5. The van der Waals surface area contributed by atoms with Crippen LogP contribution < -0.4 is 0 Å². The van der Waals surface area contributed by atoms with Gasteiger partial charge in [0, 0.05) is 24.3 Å². The molecule has 0 aliphatic carbocycles. The van der Waals surface area contributed by atoms with Crippen molar-refractivity contribution in [2.75, 3.05) is 6.61 Å². The van der Waals surface area contributed by atoms with Gasteiger partial charge in [0.05, 0.1) is 0 Å². The molecule has 0 spiro atoms. The summed E-state index contributed by atoms with van der Waals surface area (Å²) in [5.41, 5.74) is 2.75. The SMILES string of the molecule is O=C[C@@]1(OC(=O)/C=C/c2ccccc2)O[C@H](COC(=O)/C=C/c2ccccc2)[C@H](OC(=O)/C=C/c2ccccc2)[C@H]1OC(=O)/C=C/c1ccccc1. The summed E-state index contributed by atoms with van der Waals surface area (Å²) >= 11 is 0. The first-order valence-electron chi connectivity index (χ1n) is 16.2. The fourth-order valence-electron chi connectivity index (χ4n) is 5.07. The maximum Gasteiger partial charge on any atom is 0.333 e. The molecule has 0 amide bonds. The van der Waals surface area contributed by atoms with Crippen molar-refractivity contribution in [3.8, 4) is 0 Å². The molecule has 4 aromatic rings. The lowest BCUT2D eigenvalue weighted by Gasteiger charge is -2.28. The average Bonchev–Trinajstić information content (AvgIpc) is 3.46. The van der Waals surface area contributed by atoms with Crippen molar-refractivity contribution >= 4 is 54.5 Å². The first-order valence-corrected chi connectivity index (χ1v) is 16.2. The van der Waals surface area contributed by atoms with Crippen molar-refractivity contribution < 1.29 is 47.7 Å². The number of hydrogen-bond acceptors (Lipinski definition) is 10. The van der Waals surface area contributed by atoms with Crippen LogP contribution >= 0.6 is 0 Å². The van der Waals surface area contributed by atoms with E-state index in [0.29, 0.717) is 16.7 Å². The van der Waals surface area contributed by atoms with E-state index in [2.05, 4.69) is 0 Å². The van der Waals surface area contributed by atoms with Gasteiger partial charge in [0.15, 0.2) is 12.4 Å². The monoisotopic (exact) mass is 698 g/mol.